The summed E-state index contributed by atoms with van der Waals surface area (Å²) in [7, 11) is 0. The van der Waals surface area contributed by atoms with Crippen LogP contribution in [0, 0.1) is 0 Å². The smallest absolute Gasteiger partial charge is 0.398 e. The van der Waals surface area contributed by atoms with Crippen molar-refractivity contribution >= 4 is 37.5 Å². The van der Waals surface area contributed by atoms with E-state index in [0.29, 0.717) is 16.6 Å². The van der Waals surface area contributed by atoms with Crippen LogP contribution in [0.2, 0.25) is 0 Å². The Bertz CT molecular complexity index is 349. The number of hydrogen-bond donors (Lipinski definition) is 1. The van der Waals surface area contributed by atoms with E-state index in [2.05, 4.69) is 31.9 Å². The van der Waals surface area contributed by atoms with Gasteiger partial charge in [-0.15, -0.1) is 0 Å². The average molecular weight is 333 g/mol. The third kappa shape index (κ3) is 2.42. The Balaban J connectivity index is 3.32. The monoisotopic (exact) mass is 331 g/mol. The number of nitrogens with two attached hydrogens (primary N) is 1. The fourth-order valence-electron chi connectivity index (χ4n) is 0.966. The van der Waals surface area contributed by atoms with Crippen LogP contribution in [0.3, 0.4) is 0 Å². The van der Waals surface area contributed by atoms with Crippen LogP contribution in [0.4, 0.5) is 18.9 Å². The van der Waals surface area contributed by atoms with Gasteiger partial charge < -0.3 is 5.73 Å². The first-order valence-electron chi connectivity index (χ1n) is 3.57. The average Bonchev–Trinajstić information content (AvgIpc) is 2.02. The van der Waals surface area contributed by atoms with Crippen LogP contribution < -0.4 is 5.73 Å². The van der Waals surface area contributed by atoms with Crippen molar-refractivity contribution in [1.29, 1.82) is 0 Å². The summed E-state index contributed by atoms with van der Waals surface area (Å²) in [5, 5.41) is 0.301. The van der Waals surface area contributed by atoms with E-state index >= 15 is 0 Å². The van der Waals surface area contributed by atoms with E-state index in [1.807, 2.05) is 0 Å². The van der Waals surface area contributed by atoms with Gasteiger partial charge in [-0.3, -0.25) is 0 Å². The number of nitrogen functional groups attached to an aromatic ring is 1. The van der Waals surface area contributed by atoms with Gasteiger partial charge in [-0.2, -0.15) is 13.2 Å². The second-order valence-corrected chi connectivity index (χ2v) is 4.08. The number of hydrogen-bond acceptors (Lipinski definition) is 1. The van der Waals surface area contributed by atoms with Crippen molar-refractivity contribution in [2.24, 2.45) is 0 Å². The highest BCUT2D eigenvalue weighted by Crippen LogP contribution is 2.37. The molecule has 14 heavy (non-hydrogen) atoms. The molecule has 2 N–H and O–H groups in total. The number of anilines is 1. The Hall–Kier alpha value is -0.230. The number of alkyl halides is 4. The Morgan fingerprint density at radius 3 is 2.29 bits per heavy atom. The zero-order valence-corrected chi connectivity index (χ0v) is 10.0. The Morgan fingerprint density at radius 2 is 1.86 bits per heavy atom. The van der Waals surface area contributed by atoms with Gasteiger partial charge in [0.25, 0.3) is 0 Å². The van der Waals surface area contributed by atoms with Gasteiger partial charge in [0.2, 0.25) is 0 Å². The van der Waals surface area contributed by atoms with E-state index in [1.54, 1.807) is 0 Å². The van der Waals surface area contributed by atoms with Crippen molar-refractivity contribution < 1.29 is 13.2 Å². The van der Waals surface area contributed by atoms with Crippen molar-refractivity contribution in [2.45, 2.75) is 11.5 Å². The van der Waals surface area contributed by atoms with Crippen LogP contribution in [0.1, 0.15) is 11.1 Å². The van der Waals surface area contributed by atoms with Gasteiger partial charge >= 0.3 is 6.18 Å². The van der Waals surface area contributed by atoms with E-state index in [1.165, 1.54) is 6.07 Å². The molecule has 0 heterocycles. The summed E-state index contributed by atoms with van der Waals surface area (Å²) < 4.78 is 37.2. The van der Waals surface area contributed by atoms with Gasteiger partial charge in [0.05, 0.1) is 5.56 Å². The number of rotatable bonds is 1. The van der Waals surface area contributed by atoms with Crippen LogP contribution in [0.25, 0.3) is 0 Å². The lowest BCUT2D eigenvalue weighted by Crippen LogP contribution is -2.07. The molecule has 0 aliphatic heterocycles. The molecule has 78 valence electrons. The van der Waals surface area contributed by atoms with Crippen LogP contribution in [-0.4, -0.2) is 0 Å². The van der Waals surface area contributed by atoms with Crippen LogP contribution >= 0.6 is 31.9 Å². The van der Waals surface area contributed by atoms with Crippen molar-refractivity contribution in [3.05, 3.63) is 27.7 Å². The fourth-order valence-corrected chi connectivity index (χ4v) is 2.04. The first kappa shape index (κ1) is 11.8. The van der Waals surface area contributed by atoms with Gasteiger partial charge in [-0.05, 0) is 17.7 Å². The van der Waals surface area contributed by atoms with Crippen molar-refractivity contribution in [2.75, 3.05) is 5.73 Å². The lowest BCUT2D eigenvalue weighted by Gasteiger charge is -2.12. The molecule has 0 spiro atoms. The molecule has 6 heteroatoms. The second-order valence-electron chi connectivity index (χ2n) is 2.66. The summed E-state index contributed by atoms with van der Waals surface area (Å²) >= 11 is 5.90. The predicted octanol–water partition coefficient (Wildman–Crippen LogP) is 3.95. The summed E-state index contributed by atoms with van der Waals surface area (Å²) in [5.41, 5.74) is 5.58. The zero-order chi connectivity index (χ0) is 10.9. The molecule has 1 aromatic carbocycles. The summed E-state index contributed by atoms with van der Waals surface area (Å²) in [4.78, 5) is 0. The van der Waals surface area contributed by atoms with Gasteiger partial charge in [-0.25, -0.2) is 0 Å². The molecule has 0 bridgehead atoms. The maximum absolute atomic E-state index is 12.4. The summed E-state index contributed by atoms with van der Waals surface area (Å²) in [5.74, 6) is 0. The Morgan fingerprint density at radius 1 is 1.29 bits per heavy atom. The summed E-state index contributed by atoms with van der Waals surface area (Å²) in [6, 6.07) is 2.30. The molecule has 0 saturated carbocycles. The molecule has 0 fully saturated rings. The van der Waals surface area contributed by atoms with Crippen LogP contribution in [-0.2, 0) is 11.5 Å². The predicted molar refractivity (Wildman–Crippen MR) is 56.2 cm³/mol. The molecule has 0 atom stereocenters. The molecule has 0 amide bonds. The molecule has 1 nitrogen and oxygen atoms in total. The normalized spacial score (nSPS) is 11.8. The fraction of sp³-hybridized carbons (Fsp3) is 0.250. The van der Waals surface area contributed by atoms with Gasteiger partial charge in [0.15, 0.2) is 0 Å². The lowest BCUT2D eigenvalue weighted by molar-refractivity contribution is -0.138. The third-order valence-corrected chi connectivity index (χ3v) is 2.94. The second kappa shape index (κ2) is 4.10. The summed E-state index contributed by atoms with van der Waals surface area (Å²) in [6.07, 6.45) is -4.36. The first-order valence-corrected chi connectivity index (χ1v) is 5.48. The van der Waals surface area contributed by atoms with Crippen LogP contribution in [0.5, 0.6) is 0 Å². The van der Waals surface area contributed by atoms with E-state index in [4.69, 9.17) is 5.73 Å². The minimum Gasteiger partial charge on any atom is -0.398 e. The Labute approximate surface area is 95.7 Å². The SMILES string of the molecule is Nc1cc(Br)c(C(F)(F)F)cc1CBr. The quantitative estimate of drug-likeness (QED) is 0.611. The molecule has 1 aromatic rings. The van der Waals surface area contributed by atoms with Crippen LogP contribution in [0.15, 0.2) is 16.6 Å². The molecule has 1 rings (SSSR count). The highest BCUT2D eigenvalue weighted by Gasteiger charge is 2.33. The largest absolute Gasteiger partial charge is 0.417 e. The first-order chi connectivity index (χ1) is 6.36. The number of benzene rings is 1. The minimum absolute atomic E-state index is 0.0350. The van der Waals surface area contributed by atoms with Gasteiger partial charge in [0, 0.05) is 15.5 Å². The molecule has 0 saturated heterocycles. The highest BCUT2D eigenvalue weighted by atomic mass is 79.9. The number of halogens is 5. The van der Waals surface area contributed by atoms with E-state index in [9.17, 15) is 13.2 Å². The summed E-state index contributed by atoms with van der Waals surface area (Å²) in [6.45, 7) is 0. The van der Waals surface area contributed by atoms with E-state index in [0.717, 1.165) is 6.07 Å². The van der Waals surface area contributed by atoms with Crippen molar-refractivity contribution in [3.8, 4) is 0 Å². The van der Waals surface area contributed by atoms with Crippen molar-refractivity contribution in [3.63, 3.8) is 0 Å². The standard InChI is InChI=1S/C8H6Br2F3N/c9-3-4-1-5(8(11,12)13)6(10)2-7(4)14/h1-2H,3,14H2. The maximum Gasteiger partial charge on any atom is 0.417 e. The molecule has 0 unspecified atom stereocenters. The molecule has 0 aliphatic rings. The van der Waals surface area contributed by atoms with E-state index < -0.39 is 11.7 Å². The molecule has 0 aliphatic carbocycles. The third-order valence-electron chi connectivity index (χ3n) is 1.68. The van der Waals surface area contributed by atoms with Crippen molar-refractivity contribution in [1.82, 2.24) is 0 Å². The van der Waals surface area contributed by atoms with Gasteiger partial charge in [0.1, 0.15) is 0 Å². The molecular weight excluding hydrogens is 327 g/mol. The molecular formula is C8H6Br2F3N. The Kier molecular flexibility index (Phi) is 3.47. The minimum atomic E-state index is -4.36. The van der Waals surface area contributed by atoms with Gasteiger partial charge in [-0.1, -0.05) is 31.9 Å². The molecule has 0 radical (unpaired) electrons. The maximum atomic E-state index is 12.4. The lowest BCUT2D eigenvalue weighted by atomic mass is 10.1. The highest BCUT2D eigenvalue weighted by molar-refractivity contribution is 9.10. The molecule has 0 aromatic heterocycles. The zero-order valence-electron chi connectivity index (χ0n) is 6.83. The van der Waals surface area contributed by atoms with E-state index in [-0.39, 0.29) is 4.47 Å². The topological polar surface area (TPSA) is 26.0 Å².